The predicted octanol–water partition coefficient (Wildman–Crippen LogP) is 5.02. The van der Waals surface area contributed by atoms with Crippen LogP contribution < -0.4 is 20.7 Å². The van der Waals surface area contributed by atoms with E-state index in [1.165, 1.54) is 11.6 Å². The third kappa shape index (κ3) is 5.76. The van der Waals surface area contributed by atoms with Crippen molar-refractivity contribution in [1.29, 1.82) is 0 Å². The lowest BCUT2D eigenvalue weighted by Crippen LogP contribution is -2.48. The number of H-pyrrole nitrogens is 1. The SMILES string of the molecule is C=CC(=O)Nc1cccc(Nc2nc(Nc3ccc(CC4CN(CCF)C4)cc3OC)nc3[nH]ccc23)c1. The molecule has 1 amide bonds. The number of nitrogens with one attached hydrogen (secondary N) is 4. The first-order valence-corrected chi connectivity index (χ1v) is 12.4. The summed E-state index contributed by atoms with van der Waals surface area (Å²) in [5.41, 5.74) is 3.97. The largest absolute Gasteiger partial charge is 0.495 e. The van der Waals surface area contributed by atoms with E-state index in [4.69, 9.17) is 9.72 Å². The zero-order valence-corrected chi connectivity index (χ0v) is 21.1. The first-order valence-electron chi connectivity index (χ1n) is 12.4. The number of likely N-dealkylation sites (tertiary alicyclic amines) is 1. The van der Waals surface area contributed by atoms with Gasteiger partial charge in [-0.3, -0.25) is 4.79 Å². The number of aromatic amines is 1. The number of nitrogens with zero attached hydrogens (tertiary/aromatic N) is 3. The van der Waals surface area contributed by atoms with Crippen molar-refractivity contribution in [2.45, 2.75) is 6.42 Å². The number of methoxy groups -OCH3 is 1. The Hall–Kier alpha value is -4.44. The van der Waals surface area contributed by atoms with Crippen LogP contribution in [0.15, 0.2) is 67.4 Å². The number of benzene rings is 2. The second-order valence-corrected chi connectivity index (χ2v) is 9.21. The molecule has 4 N–H and O–H groups in total. The number of amides is 1. The highest BCUT2D eigenvalue weighted by atomic mass is 19.1. The molecule has 9 nitrogen and oxygen atoms in total. The number of hydrogen-bond donors (Lipinski definition) is 4. The fourth-order valence-electron chi connectivity index (χ4n) is 4.62. The van der Waals surface area contributed by atoms with E-state index in [2.05, 4.69) is 43.5 Å². The summed E-state index contributed by atoms with van der Waals surface area (Å²) in [5, 5.41) is 10.2. The third-order valence-electron chi connectivity index (χ3n) is 6.46. The average Bonchev–Trinajstić information content (AvgIpc) is 3.37. The Kier molecular flexibility index (Phi) is 7.50. The number of aromatic nitrogens is 3. The molecule has 0 unspecified atom stereocenters. The number of fused-ring (bicyclic) bond motifs is 1. The van der Waals surface area contributed by atoms with Gasteiger partial charge in [-0.15, -0.1) is 0 Å². The van der Waals surface area contributed by atoms with Crippen LogP contribution in [0.4, 0.5) is 33.2 Å². The van der Waals surface area contributed by atoms with Gasteiger partial charge in [-0.25, -0.2) is 4.39 Å². The van der Waals surface area contributed by atoms with Crippen molar-refractivity contribution in [3.63, 3.8) is 0 Å². The van der Waals surface area contributed by atoms with E-state index in [1.807, 2.05) is 36.4 Å². The Bertz CT molecular complexity index is 1450. The number of anilines is 5. The lowest BCUT2D eigenvalue weighted by atomic mass is 9.92. The molecule has 4 aromatic rings. The first kappa shape index (κ1) is 25.2. The van der Waals surface area contributed by atoms with Gasteiger partial charge >= 0.3 is 0 Å². The molecule has 2 aromatic heterocycles. The lowest BCUT2D eigenvalue weighted by molar-refractivity contribution is -0.111. The van der Waals surface area contributed by atoms with Gasteiger partial charge in [0.1, 0.15) is 23.9 Å². The monoisotopic (exact) mass is 515 g/mol. The van der Waals surface area contributed by atoms with Gasteiger partial charge in [0.2, 0.25) is 11.9 Å². The second-order valence-electron chi connectivity index (χ2n) is 9.21. The molecular formula is C28H30FN7O2. The zero-order valence-electron chi connectivity index (χ0n) is 21.1. The van der Waals surface area contributed by atoms with Crippen molar-refractivity contribution < 1.29 is 13.9 Å². The Morgan fingerprint density at radius 2 is 2.03 bits per heavy atom. The van der Waals surface area contributed by atoms with Crippen LogP contribution in [0.1, 0.15) is 5.56 Å². The molecule has 5 rings (SSSR count). The quantitative estimate of drug-likeness (QED) is 0.208. The minimum Gasteiger partial charge on any atom is -0.495 e. The number of rotatable bonds is 11. The van der Waals surface area contributed by atoms with Crippen molar-refractivity contribution in [3.05, 3.63) is 72.9 Å². The van der Waals surface area contributed by atoms with Crippen molar-refractivity contribution in [2.75, 3.05) is 49.4 Å². The van der Waals surface area contributed by atoms with Crippen molar-refractivity contribution >= 4 is 45.8 Å². The highest BCUT2D eigenvalue weighted by molar-refractivity contribution is 5.99. The Balaban J connectivity index is 1.34. The van der Waals surface area contributed by atoms with Gasteiger partial charge < -0.3 is 30.6 Å². The zero-order chi connectivity index (χ0) is 26.5. The molecule has 0 aliphatic carbocycles. The van der Waals surface area contributed by atoms with Gasteiger partial charge in [0.05, 0.1) is 18.2 Å². The topological polar surface area (TPSA) is 107 Å². The summed E-state index contributed by atoms with van der Waals surface area (Å²) in [5.74, 6) is 1.93. The highest BCUT2D eigenvalue weighted by Crippen LogP contribution is 2.32. The molecule has 1 saturated heterocycles. The summed E-state index contributed by atoms with van der Waals surface area (Å²) in [6, 6.07) is 15.3. The van der Waals surface area contributed by atoms with E-state index >= 15 is 0 Å². The maximum atomic E-state index is 12.5. The molecule has 0 radical (unpaired) electrons. The van der Waals surface area contributed by atoms with Gasteiger partial charge in [0.25, 0.3) is 0 Å². The molecule has 10 heteroatoms. The van der Waals surface area contributed by atoms with E-state index < -0.39 is 0 Å². The van der Waals surface area contributed by atoms with Gasteiger partial charge in [-0.1, -0.05) is 18.7 Å². The lowest BCUT2D eigenvalue weighted by Gasteiger charge is -2.38. The molecular weight excluding hydrogens is 485 g/mol. The number of hydrogen-bond acceptors (Lipinski definition) is 7. The molecule has 1 aliphatic heterocycles. The van der Waals surface area contributed by atoms with Gasteiger partial charge in [-0.2, -0.15) is 9.97 Å². The molecule has 0 saturated carbocycles. The summed E-state index contributed by atoms with van der Waals surface area (Å²) >= 11 is 0. The molecule has 196 valence electrons. The fraction of sp³-hybridized carbons (Fsp3) is 0.250. The van der Waals surface area contributed by atoms with E-state index in [0.717, 1.165) is 36.3 Å². The van der Waals surface area contributed by atoms with Crippen LogP contribution in [0.2, 0.25) is 0 Å². The number of halogens is 1. The molecule has 0 spiro atoms. The van der Waals surface area contributed by atoms with E-state index in [-0.39, 0.29) is 12.6 Å². The maximum absolute atomic E-state index is 12.5. The van der Waals surface area contributed by atoms with Crippen LogP contribution in [0, 0.1) is 5.92 Å². The van der Waals surface area contributed by atoms with E-state index in [1.54, 1.807) is 19.4 Å². The van der Waals surface area contributed by atoms with Crippen LogP contribution in [-0.2, 0) is 11.2 Å². The summed E-state index contributed by atoms with van der Waals surface area (Å²) in [7, 11) is 1.64. The minimum atomic E-state index is -0.297. The van der Waals surface area contributed by atoms with Gasteiger partial charge in [0.15, 0.2) is 0 Å². The molecule has 38 heavy (non-hydrogen) atoms. The summed E-state index contributed by atoms with van der Waals surface area (Å²) in [4.78, 5) is 26.3. The van der Waals surface area contributed by atoms with Crippen LogP contribution in [0.25, 0.3) is 11.0 Å². The third-order valence-corrected chi connectivity index (χ3v) is 6.46. The van der Waals surface area contributed by atoms with E-state index in [9.17, 15) is 9.18 Å². The Morgan fingerprint density at radius 1 is 1.18 bits per heavy atom. The molecule has 2 aromatic carbocycles. The van der Waals surface area contributed by atoms with Gasteiger partial charge in [-0.05, 0) is 60.4 Å². The standard InChI is InChI=1S/C28H30FN7O2/c1-3-25(37)31-20-5-4-6-21(15-20)32-27-22-9-11-30-26(22)34-28(35-27)33-23-8-7-18(14-24(23)38-2)13-19-16-36(17-19)12-10-29/h3-9,11,14-15,19H,1,10,12-13,16-17H2,2H3,(H,31,37)(H3,30,32,33,34,35). The maximum Gasteiger partial charge on any atom is 0.247 e. The van der Waals surface area contributed by atoms with Crippen molar-refractivity contribution in [1.82, 2.24) is 19.9 Å². The summed E-state index contributed by atoms with van der Waals surface area (Å²) in [6.07, 6.45) is 3.95. The highest BCUT2D eigenvalue weighted by Gasteiger charge is 2.26. The Labute approximate surface area is 220 Å². The predicted molar refractivity (Wildman–Crippen MR) is 148 cm³/mol. The van der Waals surface area contributed by atoms with Crippen LogP contribution in [-0.4, -0.2) is 59.2 Å². The van der Waals surface area contributed by atoms with Crippen molar-refractivity contribution in [3.8, 4) is 5.75 Å². The summed E-state index contributed by atoms with van der Waals surface area (Å²) < 4.78 is 18.2. The number of carbonyl (C=O) groups excluding carboxylic acids is 1. The number of ether oxygens (including phenoxy) is 1. The molecule has 1 aliphatic rings. The summed E-state index contributed by atoms with van der Waals surface area (Å²) in [6.45, 7) is 5.56. The van der Waals surface area contributed by atoms with Crippen LogP contribution >= 0.6 is 0 Å². The fourth-order valence-corrected chi connectivity index (χ4v) is 4.62. The van der Waals surface area contributed by atoms with Crippen LogP contribution in [0.5, 0.6) is 5.75 Å². The Morgan fingerprint density at radius 3 is 2.82 bits per heavy atom. The number of carbonyl (C=O) groups is 1. The molecule has 3 heterocycles. The van der Waals surface area contributed by atoms with Crippen LogP contribution in [0.3, 0.4) is 0 Å². The van der Waals surface area contributed by atoms with E-state index in [0.29, 0.717) is 41.3 Å². The minimum absolute atomic E-state index is 0.282. The smallest absolute Gasteiger partial charge is 0.247 e. The molecule has 0 atom stereocenters. The number of alkyl halides is 1. The second kappa shape index (κ2) is 11.3. The molecule has 1 fully saturated rings. The van der Waals surface area contributed by atoms with Crippen molar-refractivity contribution in [2.24, 2.45) is 5.92 Å². The normalized spacial score (nSPS) is 13.6. The van der Waals surface area contributed by atoms with Gasteiger partial charge in [0, 0.05) is 37.2 Å². The first-order chi connectivity index (χ1) is 18.5. The average molecular weight is 516 g/mol. The molecule has 0 bridgehead atoms.